The van der Waals surface area contributed by atoms with E-state index in [9.17, 15) is 13.9 Å². The van der Waals surface area contributed by atoms with Crippen molar-refractivity contribution >= 4 is 5.65 Å². The minimum absolute atomic E-state index is 0.125. The van der Waals surface area contributed by atoms with Crippen LogP contribution in [0.3, 0.4) is 0 Å². The predicted octanol–water partition coefficient (Wildman–Crippen LogP) is 4.14. The largest absolute Gasteiger partial charge is 0.493 e. The van der Waals surface area contributed by atoms with Gasteiger partial charge in [-0.2, -0.15) is 9.61 Å². The second-order valence-corrected chi connectivity index (χ2v) is 7.51. The number of hydrogen-bond acceptors (Lipinski definition) is 5. The smallest absolute Gasteiger partial charge is 0.224 e. The zero-order chi connectivity index (χ0) is 21.4. The molecule has 3 aromatic heterocycles. The molecule has 0 saturated carbocycles. The van der Waals surface area contributed by atoms with Crippen LogP contribution in [0.1, 0.15) is 42.8 Å². The Labute approximate surface area is 172 Å². The van der Waals surface area contributed by atoms with Crippen molar-refractivity contribution in [2.24, 2.45) is 5.73 Å². The topological polar surface area (TPSA) is 89.3 Å². The second-order valence-electron chi connectivity index (χ2n) is 7.51. The van der Waals surface area contributed by atoms with E-state index in [1.54, 1.807) is 12.3 Å². The minimum Gasteiger partial charge on any atom is -0.493 e. The van der Waals surface area contributed by atoms with Crippen molar-refractivity contribution in [3.05, 3.63) is 77.4 Å². The number of aromatic hydroxyl groups is 1. The van der Waals surface area contributed by atoms with E-state index in [1.165, 1.54) is 22.8 Å². The van der Waals surface area contributed by atoms with E-state index in [0.717, 1.165) is 11.8 Å². The molecule has 4 rings (SSSR count). The summed E-state index contributed by atoms with van der Waals surface area (Å²) in [6.45, 7) is 4.08. The Balaban J connectivity index is 1.82. The van der Waals surface area contributed by atoms with E-state index in [1.807, 2.05) is 26.0 Å². The molecule has 0 bridgehead atoms. The zero-order valence-electron chi connectivity index (χ0n) is 16.5. The van der Waals surface area contributed by atoms with Crippen LogP contribution in [0.2, 0.25) is 0 Å². The first-order chi connectivity index (χ1) is 14.3. The maximum absolute atomic E-state index is 13.6. The third-order valence-electron chi connectivity index (χ3n) is 4.93. The van der Waals surface area contributed by atoms with Crippen molar-refractivity contribution < 1.29 is 13.9 Å². The molecular formula is C22H21F2N5O. The van der Waals surface area contributed by atoms with Gasteiger partial charge in [0.1, 0.15) is 11.6 Å². The van der Waals surface area contributed by atoms with Crippen LogP contribution in [0, 0.1) is 11.6 Å². The number of rotatable bonds is 5. The minimum atomic E-state index is -0.725. The number of benzene rings is 1. The lowest BCUT2D eigenvalue weighted by molar-refractivity contribution is 0.435. The standard InChI is InChI=1S/C22H21F2N5O/c1-12(2)18-4-3-14(11-26-18)20-21(28-19-5-6-27-29(19)22(20)30)17(25)9-13-7-15(23)10-16(24)8-13/h3-8,10-12,17,30H,9,25H2,1-2H3/t17-/m0/s1. The summed E-state index contributed by atoms with van der Waals surface area (Å²) < 4.78 is 28.5. The lowest BCUT2D eigenvalue weighted by Gasteiger charge is -2.18. The third kappa shape index (κ3) is 3.73. The van der Waals surface area contributed by atoms with Gasteiger partial charge in [0.15, 0.2) is 5.65 Å². The maximum atomic E-state index is 13.6. The highest BCUT2D eigenvalue weighted by Gasteiger charge is 2.23. The first-order valence-corrected chi connectivity index (χ1v) is 9.57. The fourth-order valence-corrected chi connectivity index (χ4v) is 3.46. The third-order valence-corrected chi connectivity index (χ3v) is 4.93. The molecule has 4 aromatic rings. The Bertz CT molecular complexity index is 1180. The summed E-state index contributed by atoms with van der Waals surface area (Å²) >= 11 is 0. The van der Waals surface area contributed by atoms with Crippen molar-refractivity contribution in [2.75, 3.05) is 0 Å². The molecule has 1 atom stereocenters. The molecule has 30 heavy (non-hydrogen) atoms. The average molecular weight is 409 g/mol. The summed E-state index contributed by atoms with van der Waals surface area (Å²) in [7, 11) is 0. The molecule has 6 nitrogen and oxygen atoms in total. The number of fused-ring (bicyclic) bond motifs is 1. The first kappa shape index (κ1) is 19.9. The summed E-state index contributed by atoms with van der Waals surface area (Å²) in [6, 6.07) is 7.91. The molecule has 1 aromatic carbocycles. The van der Waals surface area contributed by atoms with Gasteiger partial charge in [0, 0.05) is 29.6 Å². The van der Waals surface area contributed by atoms with Gasteiger partial charge in [-0.3, -0.25) is 4.98 Å². The van der Waals surface area contributed by atoms with Gasteiger partial charge in [0.05, 0.1) is 23.5 Å². The molecule has 3 heterocycles. The van der Waals surface area contributed by atoms with E-state index in [4.69, 9.17) is 5.73 Å². The molecule has 154 valence electrons. The molecule has 0 saturated heterocycles. The Morgan fingerprint density at radius 1 is 1.10 bits per heavy atom. The molecule has 0 spiro atoms. The Kier molecular flexibility index (Phi) is 5.17. The van der Waals surface area contributed by atoms with Crippen LogP contribution < -0.4 is 5.73 Å². The van der Waals surface area contributed by atoms with E-state index in [-0.39, 0.29) is 18.2 Å². The second kappa shape index (κ2) is 7.79. The summed E-state index contributed by atoms with van der Waals surface area (Å²) in [5.41, 5.74) is 9.53. The van der Waals surface area contributed by atoms with Crippen LogP contribution in [0.5, 0.6) is 5.88 Å². The lowest BCUT2D eigenvalue weighted by Crippen LogP contribution is -2.18. The molecule has 3 N–H and O–H groups in total. The molecule has 0 aliphatic carbocycles. The molecule has 0 radical (unpaired) electrons. The van der Waals surface area contributed by atoms with Crippen molar-refractivity contribution in [1.29, 1.82) is 0 Å². The molecule has 0 fully saturated rings. The van der Waals surface area contributed by atoms with Crippen LogP contribution in [-0.4, -0.2) is 24.7 Å². The first-order valence-electron chi connectivity index (χ1n) is 9.57. The van der Waals surface area contributed by atoms with Crippen LogP contribution >= 0.6 is 0 Å². The summed E-state index contributed by atoms with van der Waals surface area (Å²) in [5, 5.41) is 15.0. The van der Waals surface area contributed by atoms with E-state index in [0.29, 0.717) is 28.0 Å². The molecule has 0 amide bonds. The predicted molar refractivity (Wildman–Crippen MR) is 109 cm³/mol. The Hall–Kier alpha value is -3.39. The summed E-state index contributed by atoms with van der Waals surface area (Å²) in [5.74, 6) is -1.22. The van der Waals surface area contributed by atoms with E-state index < -0.39 is 17.7 Å². The van der Waals surface area contributed by atoms with E-state index in [2.05, 4.69) is 15.1 Å². The highest BCUT2D eigenvalue weighted by molar-refractivity contribution is 5.72. The number of hydrogen-bond donors (Lipinski definition) is 2. The summed E-state index contributed by atoms with van der Waals surface area (Å²) in [4.78, 5) is 9.03. The van der Waals surface area contributed by atoms with Crippen molar-refractivity contribution in [1.82, 2.24) is 19.6 Å². The van der Waals surface area contributed by atoms with Crippen molar-refractivity contribution in [2.45, 2.75) is 32.2 Å². The molecular weight excluding hydrogens is 388 g/mol. The normalized spacial score (nSPS) is 12.6. The van der Waals surface area contributed by atoms with Crippen molar-refractivity contribution in [3.63, 3.8) is 0 Å². The van der Waals surface area contributed by atoms with E-state index >= 15 is 0 Å². The molecule has 0 unspecified atom stereocenters. The van der Waals surface area contributed by atoms with Gasteiger partial charge >= 0.3 is 0 Å². The highest BCUT2D eigenvalue weighted by Crippen LogP contribution is 2.35. The highest BCUT2D eigenvalue weighted by atomic mass is 19.1. The fourth-order valence-electron chi connectivity index (χ4n) is 3.46. The van der Waals surface area contributed by atoms with Gasteiger partial charge < -0.3 is 10.8 Å². The van der Waals surface area contributed by atoms with Gasteiger partial charge in [-0.1, -0.05) is 19.9 Å². The summed E-state index contributed by atoms with van der Waals surface area (Å²) in [6.07, 6.45) is 3.30. The SMILES string of the molecule is CC(C)c1ccc(-c2c([C@@H](N)Cc3cc(F)cc(F)c3)nc3ccnn3c2O)cn1. The van der Waals surface area contributed by atoms with Gasteiger partial charge in [-0.05, 0) is 36.1 Å². The number of aromatic nitrogens is 4. The van der Waals surface area contributed by atoms with Gasteiger partial charge in [-0.25, -0.2) is 13.8 Å². The van der Waals surface area contributed by atoms with Gasteiger partial charge in [0.25, 0.3) is 0 Å². The van der Waals surface area contributed by atoms with Crippen LogP contribution in [0.4, 0.5) is 8.78 Å². The zero-order valence-corrected chi connectivity index (χ0v) is 16.5. The Morgan fingerprint density at radius 2 is 1.83 bits per heavy atom. The number of nitrogens with two attached hydrogens (primary N) is 1. The van der Waals surface area contributed by atoms with Gasteiger partial charge in [0.2, 0.25) is 5.88 Å². The van der Waals surface area contributed by atoms with Crippen molar-refractivity contribution in [3.8, 4) is 17.0 Å². The fraction of sp³-hybridized carbons (Fsp3) is 0.227. The van der Waals surface area contributed by atoms with Crippen LogP contribution in [0.25, 0.3) is 16.8 Å². The lowest BCUT2D eigenvalue weighted by atomic mass is 9.96. The molecule has 8 heteroatoms. The van der Waals surface area contributed by atoms with Gasteiger partial charge in [-0.15, -0.1) is 0 Å². The number of nitrogens with zero attached hydrogens (tertiary/aromatic N) is 4. The van der Waals surface area contributed by atoms with Crippen LogP contribution in [-0.2, 0) is 6.42 Å². The van der Waals surface area contributed by atoms with Crippen LogP contribution in [0.15, 0.2) is 48.8 Å². The molecule has 0 aliphatic rings. The maximum Gasteiger partial charge on any atom is 0.224 e. The molecule has 0 aliphatic heterocycles. The number of pyridine rings is 1. The number of halogens is 2. The average Bonchev–Trinajstić information content (AvgIpc) is 3.16. The monoisotopic (exact) mass is 409 g/mol. The quantitative estimate of drug-likeness (QED) is 0.517. The Morgan fingerprint density at radius 3 is 2.47 bits per heavy atom.